The van der Waals surface area contributed by atoms with Gasteiger partial charge in [-0.15, -0.1) is 5.10 Å². The van der Waals surface area contributed by atoms with E-state index >= 15 is 0 Å². The number of benzene rings is 2. The number of carbonyl (C=O) groups is 1. The smallest absolute Gasteiger partial charge is 0.276 e. The molecule has 4 rings (SSSR count). The Morgan fingerprint density at radius 1 is 1.17 bits per heavy atom. The van der Waals surface area contributed by atoms with Crippen molar-refractivity contribution in [2.75, 3.05) is 6.26 Å². The van der Waals surface area contributed by atoms with Crippen molar-refractivity contribution in [1.82, 2.24) is 10.3 Å². The molecule has 0 saturated carbocycles. The first-order chi connectivity index (χ1) is 11.7. The third-order valence-corrected chi connectivity index (χ3v) is 5.18. The number of carbonyl (C=O) groups excluding carboxylic acids is 1. The first-order valence-corrected chi connectivity index (χ1v) is 9.35. The Hall–Kier alpha value is -2.12. The van der Waals surface area contributed by atoms with Gasteiger partial charge in [0.2, 0.25) is 0 Å². The highest BCUT2D eigenvalue weighted by Crippen LogP contribution is 2.34. The fourth-order valence-corrected chi connectivity index (χ4v) is 3.66. The monoisotopic (exact) mass is 400 g/mol. The molecule has 2 aromatic carbocycles. The zero-order valence-corrected chi connectivity index (χ0v) is 15.1. The summed E-state index contributed by atoms with van der Waals surface area (Å²) in [6.45, 7) is 0. The van der Waals surface area contributed by atoms with E-state index in [-0.39, 0.29) is 5.91 Å². The molecule has 1 N–H and O–H groups in total. The summed E-state index contributed by atoms with van der Waals surface area (Å²) >= 11 is 4.98. The molecule has 2 aliphatic rings. The minimum atomic E-state index is -0.390. The van der Waals surface area contributed by atoms with Crippen LogP contribution in [0, 0.1) is 0 Å². The van der Waals surface area contributed by atoms with E-state index in [1.807, 2.05) is 54.8 Å². The number of nitrogens with one attached hydrogen (secondary N) is 1. The summed E-state index contributed by atoms with van der Waals surface area (Å²) in [4.78, 5) is 17.5. The first kappa shape index (κ1) is 15.4. The topological polar surface area (TPSA) is 57.1 Å². The molecule has 24 heavy (non-hydrogen) atoms. The van der Waals surface area contributed by atoms with Gasteiger partial charge >= 0.3 is 0 Å². The average Bonchev–Trinajstić information content (AvgIpc) is 2.61. The molecule has 2 aromatic rings. The summed E-state index contributed by atoms with van der Waals surface area (Å²) in [6.07, 6.45) is 1.49. The van der Waals surface area contributed by atoms with Gasteiger partial charge in [-0.05, 0) is 18.4 Å². The van der Waals surface area contributed by atoms with E-state index in [1.165, 1.54) is 11.8 Å². The number of para-hydroxylation sites is 1. The van der Waals surface area contributed by atoms with Gasteiger partial charge in [0.15, 0.2) is 11.3 Å². The van der Waals surface area contributed by atoms with Crippen LogP contribution in [0.15, 0.2) is 63.1 Å². The summed E-state index contributed by atoms with van der Waals surface area (Å²) in [5.41, 5.74) is 1.49. The van der Waals surface area contributed by atoms with Crippen LogP contribution in [0.3, 0.4) is 0 Å². The molecule has 0 bridgehead atoms. The summed E-state index contributed by atoms with van der Waals surface area (Å²) < 4.78 is 0.935. The molecule has 0 saturated heterocycles. The van der Waals surface area contributed by atoms with E-state index in [0.29, 0.717) is 10.9 Å². The lowest BCUT2D eigenvalue weighted by atomic mass is 10.1. The van der Waals surface area contributed by atoms with Crippen molar-refractivity contribution in [3.05, 3.63) is 69.1 Å². The number of hydrogen-bond donors (Lipinski definition) is 1. The molecule has 0 aliphatic carbocycles. The van der Waals surface area contributed by atoms with Gasteiger partial charge in [-0.3, -0.25) is 15.1 Å². The number of amidine groups is 1. The number of rotatable bonds is 1. The van der Waals surface area contributed by atoms with E-state index in [0.717, 1.165) is 20.6 Å². The van der Waals surface area contributed by atoms with Gasteiger partial charge < -0.3 is 0 Å². The minimum Gasteiger partial charge on any atom is -0.298 e. The maximum atomic E-state index is 12.7. The van der Waals surface area contributed by atoms with Gasteiger partial charge in [0.25, 0.3) is 5.91 Å². The lowest BCUT2D eigenvalue weighted by Gasteiger charge is -2.34. The molecule has 120 valence electrons. The predicted molar refractivity (Wildman–Crippen MR) is 98.4 cm³/mol. The SMILES string of the molecule is CSC1=NN2C(=c3ccccc3=N[C@H]2c2ccccc2Br)C(=O)N1. The Kier molecular flexibility index (Phi) is 3.90. The summed E-state index contributed by atoms with van der Waals surface area (Å²) in [6, 6.07) is 15.5. The van der Waals surface area contributed by atoms with Crippen molar-refractivity contribution in [1.29, 1.82) is 0 Å². The molecule has 0 fully saturated rings. The van der Waals surface area contributed by atoms with Crippen LogP contribution in [0.2, 0.25) is 0 Å². The third kappa shape index (κ3) is 2.44. The molecule has 1 amide bonds. The number of amides is 1. The van der Waals surface area contributed by atoms with Gasteiger partial charge in [0.05, 0.1) is 5.36 Å². The zero-order valence-electron chi connectivity index (χ0n) is 12.7. The van der Waals surface area contributed by atoms with Crippen molar-refractivity contribution < 1.29 is 4.79 Å². The fourth-order valence-electron chi connectivity index (χ4n) is 2.81. The second-order valence-electron chi connectivity index (χ2n) is 5.30. The van der Waals surface area contributed by atoms with E-state index < -0.39 is 6.17 Å². The van der Waals surface area contributed by atoms with Crippen molar-refractivity contribution >= 4 is 44.5 Å². The Morgan fingerprint density at radius 2 is 1.92 bits per heavy atom. The van der Waals surface area contributed by atoms with Crippen LogP contribution in [0.25, 0.3) is 5.70 Å². The van der Waals surface area contributed by atoms with E-state index in [2.05, 4.69) is 26.3 Å². The van der Waals surface area contributed by atoms with Crippen molar-refractivity contribution in [2.45, 2.75) is 6.17 Å². The highest BCUT2D eigenvalue weighted by Gasteiger charge is 2.34. The Morgan fingerprint density at radius 3 is 2.71 bits per heavy atom. The fraction of sp³-hybridized carbons (Fsp3) is 0.118. The van der Waals surface area contributed by atoms with E-state index in [9.17, 15) is 4.79 Å². The molecule has 0 unspecified atom stereocenters. The quantitative estimate of drug-likeness (QED) is 0.795. The van der Waals surface area contributed by atoms with Crippen LogP contribution in [0.4, 0.5) is 0 Å². The maximum absolute atomic E-state index is 12.7. The number of halogens is 1. The van der Waals surface area contributed by atoms with Crippen molar-refractivity contribution in [3.63, 3.8) is 0 Å². The van der Waals surface area contributed by atoms with Crippen LogP contribution in [-0.4, -0.2) is 22.3 Å². The first-order valence-electron chi connectivity index (χ1n) is 7.34. The summed E-state index contributed by atoms with van der Waals surface area (Å²) in [7, 11) is 0. The lowest BCUT2D eigenvalue weighted by molar-refractivity contribution is -0.116. The Labute approximate surface area is 151 Å². The average molecular weight is 401 g/mol. The molecule has 1 atom stereocenters. The van der Waals surface area contributed by atoms with Crippen molar-refractivity contribution in [3.8, 4) is 0 Å². The van der Waals surface area contributed by atoms with Gasteiger partial charge in [0, 0.05) is 15.3 Å². The number of fused-ring (bicyclic) bond motifs is 2. The second kappa shape index (κ2) is 6.07. The van der Waals surface area contributed by atoms with Crippen LogP contribution < -0.4 is 15.9 Å². The molecular formula is C17H13BrN4OS. The molecule has 2 heterocycles. The summed E-state index contributed by atoms with van der Waals surface area (Å²) in [5, 5.41) is 11.3. The molecular weight excluding hydrogens is 388 g/mol. The normalized spacial score (nSPS) is 19.0. The lowest BCUT2D eigenvalue weighted by Crippen LogP contribution is -2.50. The number of hydrogen-bond acceptors (Lipinski definition) is 5. The Balaban J connectivity index is 2.02. The number of nitrogens with zero attached hydrogens (tertiary/aromatic N) is 3. The minimum absolute atomic E-state index is 0.159. The van der Waals surface area contributed by atoms with E-state index in [1.54, 1.807) is 5.01 Å². The number of thioether (sulfide) groups is 1. The summed E-state index contributed by atoms with van der Waals surface area (Å²) in [5.74, 6) is -0.159. The zero-order chi connectivity index (χ0) is 16.7. The largest absolute Gasteiger partial charge is 0.298 e. The Bertz CT molecular complexity index is 988. The maximum Gasteiger partial charge on any atom is 0.276 e. The molecule has 7 heteroatoms. The van der Waals surface area contributed by atoms with Crippen LogP contribution in [0.1, 0.15) is 11.7 Å². The predicted octanol–water partition coefficient (Wildman–Crippen LogP) is 1.96. The standard InChI is InChI=1S/C17H13BrN4OS/c1-24-17-20-16(23)14-11-7-3-5-9-13(11)19-15(22(14)21-17)10-6-2-4-8-12(10)18/h2-9,15H,1H3,(H,20,21,23)/t15-/m1/s1. The number of hydrazone groups is 1. The van der Waals surface area contributed by atoms with E-state index in [4.69, 9.17) is 4.99 Å². The molecule has 0 aromatic heterocycles. The molecule has 2 aliphatic heterocycles. The van der Waals surface area contributed by atoms with Crippen molar-refractivity contribution in [2.24, 2.45) is 10.1 Å². The van der Waals surface area contributed by atoms with Gasteiger partial charge in [-0.1, -0.05) is 64.1 Å². The third-order valence-electron chi connectivity index (χ3n) is 3.89. The highest BCUT2D eigenvalue weighted by molar-refractivity contribution is 9.10. The van der Waals surface area contributed by atoms with Crippen LogP contribution in [-0.2, 0) is 4.79 Å². The highest BCUT2D eigenvalue weighted by atomic mass is 79.9. The molecule has 5 nitrogen and oxygen atoms in total. The van der Waals surface area contributed by atoms with Gasteiger partial charge in [0.1, 0.15) is 5.70 Å². The molecule has 0 radical (unpaired) electrons. The van der Waals surface area contributed by atoms with Crippen LogP contribution >= 0.6 is 27.7 Å². The second-order valence-corrected chi connectivity index (χ2v) is 6.95. The van der Waals surface area contributed by atoms with Gasteiger partial charge in [-0.2, -0.15) is 0 Å². The van der Waals surface area contributed by atoms with Gasteiger partial charge in [-0.25, -0.2) is 5.01 Å². The molecule has 0 spiro atoms. The van der Waals surface area contributed by atoms with Crippen LogP contribution in [0.5, 0.6) is 0 Å².